The van der Waals surface area contributed by atoms with E-state index in [9.17, 15) is 5.11 Å². The highest BCUT2D eigenvalue weighted by molar-refractivity contribution is 7.10. The van der Waals surface area contributed by atoms with Gasteiger partial charge in [-0.25, -0.2) is 0 Å². The smallest absolute Gasteiger partial charge is 0.0897 e. The van der Waals surface area contributed by atoms with Gasteiger partial charge in [-0.3, -0.25) is 0 Å². The third-order valence-corrected chi connectivity index (χ3v) is 2.94. The van der Waals surface area contributed by atoms with E-state index in [4.69, 9.17) is 16.3 Å². The van der Waals surface area contributed by atoms with Crippen molar-refractivity contribution in [2.24, 2.45) is 0 Å². The second-order valence-corrected chi connectivity index (χ2v) is 4.40. The number of halogens is 1. The van der Waals surface area contributed by atoms with Gasteiger partial charge >= 0.3 is 0 Å². The molecule has 0 aromatic carbocycles. The summed E-state index contributed by atoms with van der Waals surface area (Å²) >= 11 is 7.37. The molecule has 1 rings (SSSR count). The average molecular weight is 236 g/mol. The third-order valence-electron chi connectivity index (χ3n) is 1.66. The number of aliphatic hydroxyl groups is 1. The summed E-state index contributed by atoms with van der Waals surface area (Å²) in [7, 11) is 1.57. The van der Waals surface area contributed by atoms with E-state index in [-0.39, 0.29) is 0 Å². The van der Waals surface area contributed by atoms with E-state index in [1.165, 1.54) is 4.88 Å². The monoisotopic (exact) mass is 235 g/mol. The zero-order valence-corrected chi connectivity index (χ0v) is 9.57. The number of hydrogen-bond donors (Lipinski definition) is 2. The molecule has 1 atom stereocenters. The van der Waals surface area contributed by atoms with E-state index in [0.717, 1.165) is 11.6 Å². The highest BCUT2D eigenvalue weighted by Crippen LogP contribution is 2.18. The molecule has 1 aromatic heterocycles. The number of hydrogen-bond acceptors (Lipinski definition) is 4. The van der Waals surface area contributed by atoms with Crippen LogP contribution < -0.4 is 5.32 Å². The van der Waals surface area contributed by atoms with Gasteiger partial charge in [-0.1, -0.05) is 11.6 Å². The summed E-state index contributed by atoms with van der Waals surface area (Å²) < 4.78 is 4.80. The first-order chi connectivity index (χ1) is 6.72. The first kappa shape index (κ1) is 11.9. The van der Waals surface area contributed by atoms with Crippen LogP contribution in [0.5, 0.6) is 0 Å². The van der Waals surface area contributed by atoms with Gasteiger partial charge in [0.2, 0.25) is 0 Å². The first-order valence-corrected chi connectivity index (χ1v) is 5.58. The Hall–Kier alpha value is -0.130. The fourth-order valence-electron chi connectivity index (χ4n) is 1.06. The lowest BCUT2D eigenvalue weighted by Gasteiger charge is -2.09. The van der Waals surface area contributed by atoms with Crippen LogP contribution in [0, 0.1) is 0 Å². The lowest BCUT2D eigenvalue weighted by atomic mass is 10.3. The molecule has 3 nitrogen and oxygen atoms in total. The summed E-state index contributed by atoms with van der Waals surface area (Å²) in [6.07, 6.45) is -0.449. The van der Waals surface area contributed by atoms with Crippen LogP contribution in [-0.2, 0) is 11.3 Å². The number of ether oxygens (including phenoxy) is 1. The fourth-order valence-corrected chi connectivity index (χ4v) is 2.10. The van der Waals surface area contributed by atoms with Crippen molar-refractivity contribution in [3.05, 3.63) is 21.3 Å². The summed E-state index contributed by atoms with van der Waals surface area (Å²) in [4.78, 5) is 1.17. The molecule has 1 unspecified atom stereocenters. The molecular weight excluding hydrogens is 222 g/mol. The molecule has 0 spiro atoms. The van der Waals surface area contributed by atoms with Crippen LogP contribution in [0.2, 0.25) is 5.02 Å². The third kappa shape index (κ3) is 4.39. The van der Waals surface area contributed by atoms with Crippen LogP contribution in [0.15, 0.2) is 11.4 Å². The molecule has 80 valence electrons. The maximum atomic E-state index is 9.32. The largest absolute Gasteiger partial charge is 0.389 e. The Labute approximate surface area is 92.7 Å². The van der Waals surface area contributed by atoms with E-state index in [1.807, 2.05) is 11.4 Å². The Balaban J connectivity index is 2.15. The van der Waals surface area contributed by atoms with Gasteiger partial charge in [0.1, 0.15) is 0 Å². The molecule has 0 radical (unpaired) electrons. The maximum absolute atomic E-state index is 9.32. The van der Waals surface area contributed by atoms with Crippen LogP contribution >= 0.6 is 22.9 Å². The molecule has 5 heteroatoms. The predicted molar refractivity (Wildman–Crippen MR) is 58.9 cm³/mol. The van der Waals surface area contributed by atoms with Crippen molar-refractivity contribution < 1.29 is 9.84 Å². The molecule has 1 heterocycles. The van der Waals surface area contributed by atoms with Gasteiger partial charge in [0.05, 0.1) is 17.7 Å². The Morgan fingerprint density at radius 3 is 3.07 bits per heavy atom. The fraction of sp³-hybridized carbons (Fsp3) is 0.556. The second kappa shape index (κ2) is 6.37. The zero-order chi connectivity index (χ0) is 10.4. The minimum absolute atomic E-state index is 0.359. The molecule has 2 N–H and O–H groups in total. The maximum Gasteiger partial charge on any atom is 0.0897 e. The van der Waals surface area contributed by atoms with Gasteiger partial charge in [-0.2, -0.15) is 0 Å². The molecule has 0 aliphatic heterocycles. The minimum atomic E-state index is -0.449. The molecule has 0 aliphatic carbocycles. The van der Waals surface area contributed by atoms with Gasteiger partial charge in [0, 0.05) is 30.5 Å². The summed E-state index contributed by atoms with van der Waals surface area (Å²) in [6, 6.07) is 1.92. The Bertz CT molecular complexity index is 267. The number of thiophene rings is 1. The lowest BCUT2D eigenvalue weighted by Crippen LogP contribution is -2.29. The molecule has 1 aromatic rings. The lowest BCUT2D eigenvalue weighted by molar-refractivity contribution is 0.0644. The van der Waals surface area contributed by atoms with Gasteiger partial charge in [0.15, 0.2) is 0 Å². The first-order valence-electron chi connectivity index (χ1n) is 4.33. The Morgan fingerprint density at radius 1 is 1.71 bits per heavy atom. The van der Waals surface area contributed by atoms with E-state index < -0.39 is 6.10 Å². The van der Waals surface area contributed by atoms with Crippen molar-refractivity contribution in [2.75, 3.05) is 20.3 Å². The average Bonchev–Trinajstić information content (AvgIpc) is 2.52. The van der Waals surface area contributed by atoms with Crippen LogP contribution in [0.25, 0.3) is 0 Å². The molecule has 0 bridgehead atoms. The molecule has 0 aliphatic rings. The zero-order valence-electron chi connectivity index (χ0n) is 8.00. The molecule has 0 saturated heterocycles. The summed E-state index contributed by atoms with van der Waals surface area (Å²) in [5, 5.41) is 15.1. The van der Waals surface area contributed by atoms with Gasteiger partial charge < -0.3 is 15.2 Å². The Morgan fingerprint density at radius 2 is 2.50 bits per heavy atom. The predicted octanol–water partition coefficient (Wildman–Crippen LogP) is 1.50. The van der Waals surface area contributed by atoms with E-state index in [1.54, 1.807) is 18.4 Å². The molecule has 0 fully saturated rings. The van der Waals surface area contributed by atoms with Crippen molar-refractivity contribution in [1.29, 1.82) is 0 Å². The summed E-state index contributed by atoms with van der Waals surface area (Å²) in [5.41, 5.74) is 0. The number of aliphatic hydroxyl groups excluding tert-OH is 1. The van der Waals surface area contributed by atoms with Crippen LogP contribution in [0.1, 0.15) is 4.88 Å². The highest BCUT2D eigenvalue weighted by Gasteiger charge is 2.03. The molecular formula is C9H14ClNO2S. The topological polar surface area (TPSA) is 41.5 Å². The van der Waals surface area contributed by atoms with Crippen molar-refractivity contribution >= 4 is 22.9 Å². The highest BCUT2D eigenvalue weighted by atomic mass is 35.5. The quantitative estimate of drug-likeness (QED) is 0.785. The standard InChI is InChI=1S/C9H14ClNO2S/c1-13-5-8(12)3-11-4-9-2-7(10)6-14-9/h2,6,8,11-12H,3-5H2,1H3. The molecule has 0 saturated carbocycles. The summed E-state index contributed by atoms with van der Waals surface area (Å²) in [5.74, 6) is 0. The number of methoxy groups -OCH3 is 1. The van der Waals surface area contributed by atoms with Crippen molar-refractivity contribution in [3.8, 4) is 0 Å². The number of rotatable bonds is 6. The van der Waals surface area contributed by atoms with Crippen LogP contribution in [0.4, 0.5) is 0 Å². The normalized spacial score (nSPS) is 13.1. The Kier molecular flexibility index (Phi) is 5.44. The number of nitrogens with one attached hydrogen (secondary N) is 1. The summed E-state index contributed by atoms with van der Waals surface area (Å²) in [6.45, 7) is 1.62. The van der Waals surface area contributed by atoms with E-state index >= 15 is 0 Å². The van der Waals surface area contributed by atoms with Crippen molar-refractivity contribution in [3.63, 3.8) is 0 Å². The molecule has 14 heavy (non-hydrogen) atoms. The van der Waals surface area contributed by atoms with E-state index in [2.05, 4.69) is 5.32 Å². The van der Waals surface area contributed by atoms with E-state index in [0.29, 0.717) is 13.2 Å². The van der Waals surface area contributed by atoms with Gasteiger partial charge in [-0.05, 0) is 6.07 Å². The van der Waals surface area contributed by atoms with Gasteiger partial charge in [-0.15, -0.1) is 11.3 Å². The minimum Gasteiger partial charge on any atom is -0.389 e. The second-order valence-electron chi connectivity index (χ2n) is 2.97. The van der Waals surface area contributed by atoms with Crippen molar-refractivity contribution in [2.45, 2.75) is 12.6 Å². The SMILES string of the molecule is COCC(O)CNCc1cc(Cl)cs1. The van der Waals surface area contributed by atoms with Crippen LogP contribution in [0.3, 0.4) is 0 Å². The van der Waals surface area contributed by atoms with Gasteiger partial charge in [0.25, 0.3) is 0 Å². The van der Waals surface area contributed by atoms with Crippen LogP contribution in [-0.4, -0.2) is 31.5 Å². The van der Waals surface area contributed by atoms with Crippen molar-refractivity contribution in [1.82, 2.24) is 5.32 Å². The molecule has 0 amide bonds.